The van der Waals surface area contributed by atoms with Crippen molar-refractivity contribution in [2.75, 3.05) is 13.2 Å². The molecule has 416 valence electrons. The van der Waals surface area contributed by atoms with Crippen molar-refractivity contribution in [1.29, 1.82) is 0 Å². The van der Waals surface area contributed by atoms with Gasteiger partial charge in [-0.3, -0.25) is 9.59 Å². The molecule has 0 saturated heterocycles. The molecule has 0 saturated carbocycles. The molecule has 2 atom stereocenters. The third kappa shape index (κ3) is 55.9. The van der Waals surface area contributed by atoms with Crippen LogP contribution in [0, 0.1) is 0 Å². The van der Waals surface area contributed by atoms with Crippen LogP contribution in [0.3, 0.4) is 0 Å². The van der Waals surface area contributed by atoms with Crippen LogP contribution in [0.4, 0.5) is 0 Å². The quantitative estimate of drug-likeness (QED) is 0.0321. The number of aliphatic hydroxyl groups excluding tert-OH is 2. The molecule has 0 heterocycles. The van der Waals surface area contributed by atoms with E-state index in [-0.39, 0.29) is 18.5 Å². The molecule has 0 aliphatic rings. The maximum atomic E-state index is 12.5. The van der Waals surface area contributed by atoms with E-state index in [1.165, 1.54) is 276 Å². The Morgan fingerprint density at radius 3 is 1.01 bits per heavy atom. The predicted molar refractivity (Wildman–Crippen MR) is 306 cm³/mol. The minimum Gasteiger partial charge on any atom is -0.466 e. The number of hydrogen-bond donors (Lipinski definition) is 3. The lowest BCUT2D eigenvalue weighted by Crippen LogP contribution is -2.45. The first-order valence-corrected chi connectivity index (χ1v) is 31.9. The van der Waals surface area contributed by atoms with Crippen molar-refractivity contribution < 1.29 is 24.5 Å². The molecule has 0 fully saturated rings. The molecule has 0 spiro atoms. The number of nitrogens with one attached hydrogen (secondary N) is 1. The molecule has 0 radical (unpaired) electrons. The molecule has 0 aliphatic carbocycles. The second-order valence-corrected chi connectivity index (χ2v) is 22.1. The van der Waals surface area contributed by atoms with E-state index in [1.807, 2.05) is 0 Å². The molecular weight excluding hydrogens is 863 g/mol. The Bertz CT molecular complexity index is 1050. The van der Waals surface area contributed by atoms with Crippen molar-refractivity contribution in [1.82, 2.24) is 5.32 Å². The van der Waals surface area contributed by atoms with Gasteiger partial charge in [0.25, 0.3) is 0 Å². The molecule has 6 nitrogen and oxygen atoms in total. The number of allylic oxidation sites excluding steroid dienone is 2. The molecule has 0 aliphatic heterocycles. The molecule has 3 N–H and O–H groups in total. The van der Waals surface area contributed by atoms with E-state index >= 15 is 0 Å². The highest BCUT2D eigenvalue weighted by molar-refractivity contribution is 5.76. The molecule has 0 bridgehead atoms. The highest BCUT2D eigenvalue weighted by atomic mass is 16.5. The van der Waals surface area contributed by atoms with E-state index in [9.17, 15) is 19.8 Å². The van der Waals surface area contributed by atoms with Gasteiger partial charge in [0.15, 0.2) is 0 Å². The van der Waals surface area contributed by atoms with Gasteiger partial charge in [-0.2, -0.15) is 0 Å². The van der Waals surface area contributed by atoms with Crippen LogP contribution in [-0.2, 0) is 14.3 Å². The molecule has 70 heavy (non-hydrogen) atoms. The van der Waals surface area contributed by atoms with Gasteiger partial charge in [0.1, 0.15) is 0 Å². The monoisotopic (exact) mass is 988 g/mol. The van der Waals surface area contributed by atoms with E-state index in [1.54, 1.807) is 0 Å². The van der Waals surface area contributed by atoms with Gasteiger partial charge in [-0.1, -0.05) is 309 Å². The minimum atomic E-state index is -0.672. The van der Waals surface area contributed by atoms with E-state index in [0.29, 0.717) is 25.9 Å². The van der Waals surface area contributed by atoms with Crippen LogP contribution in [0.15, 0.2) is 12.2 Å². The zero-order valence-corrected chi connectivity index (χ0v) is 47.5. The molecule has 1 amide bonds. The molecule has 0 rings (SSSR count). The van der Waals surface area contributed by atoms with Gasteiger partial charge in [0.05, 0.1) is 25.4 Å². The van der Waals surface area contributed by atoms with E-state index in [2.05, 4.69) is 31.3 Å². The Morgan fingerprint density at radius 1 is 0.386 bits per heavy atom. The van der Waals surface area contributed by atoms with Crippen LogP contribution in [-0.4, -0.2) is 47.4 Å². The van der Waals surface area contributed by atoms with Gasteiger partial charge < -0.3 is 20.3 Å². The van der Waals surface area contributed by atoms with Crippen molar-refractivity contribution in [3.8, 4) is 0 Å². The number of carbonyl (C=O) groups is 2. The first kappa shape index (κ1) is 68.6. The largest absolute Gasteiger partial charge is 0.466 e. The van der Waals surface area contributed by atoms with E-state index in [4.69, 9.17) is 4.74 Å². The Morgan fingerprint density at radius 2 is 0.671 bits per heavy atom. The molecule has 0 aromatic heterocycles. The number of amides is 1. The third-order valence-corrected chi connectivity index (χ3v) is 15.1. The summed E-state index contributed by atoms with van der Waals surface area (Å²) in [6.45, 7) is 4.95. The lowest BCUT2D eigenvalue weighted by Gasteiger charge is -2.22. The summed E-state index contributed by atoms with van der Waals surface area (Å²) in [5.74, 6) is -0.0505. The highest BCUT2D eigenvalue weighted by Crippen LogP contribution is 2.18. The highest BCUT2D eigenvalue weighted by Gasteiger charge is 2.20. The molecule has 0 aromatic carbocycles. The standard InChI is InChI=1S/C64H125NO5/c1-3-5-7-9-11-13-15-17-19-20-21-22-23-24-25-26-27-28-29-32-36-40-44-48-52-56-62(67)61(60-66)65-63(68)57-53-49-45-41-37-33-30-31-35-39-43-47-51-55-59-70-64(69)58-54-50-46-42-38-34-18-16-14-12-10-8-6-4-2/h16,18,61-62,66-67H,3-15,17,19-60H2,1-2H3,(H,65,68)/b18-16-. The summed E-state index contributed by atoms with van der Waals surface area (Å²) in [6, 6.07) is -0.550. The number of rotatable bonds is 60. The topological polar surface area (TPSA) is 95.9 Å². The second-order valence-electron chi connectivity index (χ2n) is 22.1. The van der Waals surface area contributed by atoms with Crippen LogP contribution < -0.4 is 5.32 Å². The summed E-state index contributed by atoms with van der Waals surface area (Å²) in [4.78, 5) is 24.6. The van der Waals surface area contributed by atoms with Gasteiger partial charge in [-0.25, -0.2) is 0 Å². The summed E-state index contributed by atoms with van der Waals surface area (Å²) in [6.07, 6.45) is 72.2. The summed E-state index contributed by atoms with van der Waals surface area (Å²) >= 11 is 0. The number of unbranched alkanes of at least 4 members (excludes halogenated alkanes) is 47. The summed E-state index contributed by atoms with van der Waals surface area (Å²) in [5, 5.41) is 23.4. The SMILES string of the molecule is CCCCCCC/C=C\CCCCCCCC(=O)OCCCCCCCCCCCCCCCCC(=O)NC(CO)C(O)CCCCCCCCCCCCCCCCCCCCCCCCCCC. The molecular formula is C64H125NO5. The average Bonchev–Trinajstić information content (AvgIpc) is 3.36. The fraction of sp³-hybridized carbons (Fsp3) is 0.938. The number of ether oxygens (including phenoxy) is 1. The van der Waals surface area contributed by atoms with Crippen molar-refractivity contribution in [2.24, 2.45) is 0 Å². The Hall–Kier alpha value is -1.40. The van der Waals surface area contributed by atoms with Crippen molar-refractivity contribution in [3.63, 3.8) is 0 Å². The maximum absolute atomic E-state index is 12.5. The van der Waals surface area contributed by atoms with Crippen LogP contribution in [0.5, 0.6) is 0 Å². The van der Waals surface area contributed by atoms with Gasteiger partial charge >= 0.3 is 5.97 Å². The van der Waals surface area contributed by atoms with Gasteiger partial charge in [0, 0.05) is 12.8 Å². The number of esters is 1. The lowest BCUT2D eigenvalue weighted by molar-refractivity contribution is -0.143. The molecule has 0 aromatic rings. The smallest absolute Gasteiger partial charge is 0.305 e. The number of carbonyl (C=O) groups excluding carboxylic acids is 2. The first-order chi connectivity index (χ1) is 34.5. The molecule has 2 unspecified atom stereocenters. The third-order valence-electron chi connectivity index (χ3n) is 15.1. The van der Waals surface area contributed by atoms with Crippen molar-refractivity contribution in [3.05, 3.63) is 12.2 Å². The summed E-state index contributed by atoms with van der Waals surface area (Å²) < 4.78 is 5.47. The Labute approximate surface area is 438 Å². The minimum absolute atomic E-state index is 0.00930. The summed E-state index contributed by atoms with van der Waals surface area (Å²) in [7, 11) is 0. The van der Waals surface area contributed by atoms with E-state index < -0.39 is 12.1 Å². The van der Waals surface area contributed by atoms with Crippen LogP contribution in [0.1, 0.15) is 361 Å². The summed E-state index contributed by atoms with van der Waals surface area (Å²) in [5.41, 5.74) is 0. The zero-order chi connectivity index (χ0) is 50.7. The zero-order valence-electron chi connectivity index (χ0n) is 47.5. The van der Waals surface area contributed by atoms with Crippen molar-refractivity contribution in [2.45, 2.75) is 373 Å². The number of aliphatic hydroxyl groups is 2. The van der Waals surface area contributed by atoms with E-state index in [0.717, 1.165) is 51.4 Å². The predicted octanol–water partition coefficient (Wildman–Crippen LogP) is 20.0. The van der Waals surface area contributed by atoms with Crippen LogP contribution in [0.2, 0.25) is 0 Å². The van der Waals surface area contributed by atoms with Crippen LogP contribution in [0.25, 0.3) is 0 Å². The second kappa shape index (κ2) is 60.2. The lowest BCUT2D eigenvalue weighted by atomic mass is 10.0. The maximum Gasteiger partial charge on any atom is 0.305 e. The average molecular weight is 989 g/mol. The van der Waals surface area contributed by atoms with Crippen LogP contribution >= 0.6 is 0 Å². The Balaban J connectivity index is 3.43. The fourth-order valence-corrected chi connectivity index (χ4v) is 10.2. The van der Waals surface area contributed by atoms with Gasteiger partial charge in [-0.15, -0.1) is 0 Å². The normalized spacial score (nSPS) is 12.6. The fourth-order valence-electron chi connectivity index (χ4n) is 10.2. The first-order valence-electron chi connectivity index (χ1n) is 31.9. The molecule has 6 heteroatoms. The number of hydrogen-bond acceptors (Lipinski definition) is 5. The Kier molecular flexibility index (Phi) is 59.0. The van der Waals surface area contributed by atoms with Crippen molar-refractivity contribution >= 4 is 11.9 Å². The van der Waals surface area contributed by atoms with Gasteiger partial charge in [0.2, 0.25) is 5.91 Å². The van der Waals surface area contributed by atoms with Gasteiger partial charge in [-0.05, 0) is 51.4 Å².